The van der Waals surface area contributed by atoms with Crippen molar-refractivity contribution in [3.63, 3.8) is 0 Å². The largest absolute Gasteiger partial charge is 0.206 e. The molecule has 0 aliphatic rings. The van der Waals surface area contributed by atoms with Crippen molar-refractivity contribution in [3.8, 4) is 11.1 Å². The lowest BCUT2D eigenvalue weighted by atomic mass is 9.98. The van der Waals surface area contributed by atoms with Crippen molar-refractivity contribution in [2.24, 2.45) is 0 Å². The molecular formula is C14H13F. The molecule has 0 saturated carbocycles. The van der Waals surface area contributed by atoms with E-state index >= 15 is 0 Å². The van der Waals surface area contributed by atoms with Crippen LogP contribution in [0.5, 0.6) is 0 Å². The second-order valence-corrected chi connectivity index (χ2v) is 3.74. The van der Waals surface area contributed by atoms with E-state index in [1.165, 1.54) is 0 Å². The molecule has 0 saturated heterocycles. The number of hydrogen-bond donors (Lipinski definition) is 0. The van der Waals surface area contributed by atoms with Gasteiger partial charge in [-0.3, -0.25) is 0 Å². The first kappa shape index (κ1) is 9.91. The lowest BCUT2D eigenvalue weighted by Crippen LogP contribution is -1.91. The normalized spacial score (nSPS) is 10.3. The molecule has 0 spiro atoms. The first-order valence-electron chi connectivity index (χ1n) is 5.01. The molecule has 0 atom stereocenters. The molecule has 2 rings (SSSR count). The van der Waals surface area contributed by atoms with Gasteiger partial charge in [-0.05, 0) is 36.1 Å². The van der Waals surface area contributed by atoms with Gasteiger partial charge in [0.15, 0.2) is 0 Å². The summed E-state index contributed by atoms with van der Waals surface area (Å²) in [4.78, 5) is 0. The van der Waals surface area contributed by atoms with Crippen LogP contribution >= 0.6 is 0 Å². The quantitative estimate of drug-likeness (QED) is 0.649. The van der Waals surface area contributed by atoms with Crippen LogP contribution < -0.4 is 0 Å². The highest BCUT2D eigenvalue weighted by Gasteiger charge is 2.07. The van der Waals surface area contributed by atoms with Crippen LogP contribution in [0.15, 0.2) is 42.5 Å². The Kier molecular flexibility index (Phi) is 2.55. The predicted molar refractivity (Wildman–Crippen MR) is 61.3 cm³/mol. The SMILES string of the molecule is Cc1ccc(-c2ccccc2)c(C)c1F. The second kappa shape index (κ2) is 3.85. The third-order valence-electron chi connectivity index (χ3n) is 2.66. The molecule has 0 radical (unpaired) electrons. The molecule has 0 bridgehead atoms. The minimum absolute atomic E-state index is 0.101. The van der Waals surface area contributed by atoms with Gasteiger partial charge in [0.1, 0.15) is 5.82 Å². The van der Waals surface area contributed by atoms with E-state index in [4.69, 9.17) is 0 Å². The van der Waals surface area contributed by atoms with Crippen LogP contribution in [0.25, 0.3) is 11.1 Å². The molecule has 0 aromatic heterocycles. The summed E-state index contributed by atoms with van der Waals surface area (Å²) in [5, 5.41) is 0. The van der Waals surface area contributed by atoms with Gasteiger partial charge in [0.05, 0.1) is 0 Å². The Labute approximate surface area is 89.4 Å². The highest BCUT2D eigenvalue weighted by atomic mass is 19.1. The summed E-state index contributed by atoms with van der Waals surface area (Å²) >= 11 is 0. The summed E-state index contributed by atoms with van der Waals surface area (Å²) in [6, 6.07) is 13.7. The Morgan fingerprint density at radius 2 is 1.53 bits per heavy atom. The van der Waals surface area contributed by atoms with Crippen LogP contribution in [-0.2, 0) is 0 Å². The van der Waals surface area contributed by atoms with Gasteiger partial charge in [-0.25, -0.2) is 4.39 Å². The molecule has 0 aliphatic carbocycles. The fourth-order valence-corrected chi connectivity index (χ4v) is 1.75. The lowest BCUT2D eigenvalue weighted by Gasteiger charge is -2.08. The van der Waals surface area contributed by atoms with Crippen molar-refractivity contribution < 1.29 is 4.39 Å². The molecule has 0 aliphatic heterocycles. The van der Waals surface area contributed by atoms with Gasteiger partial charge in [-0.1, -0.05) is 42.5 Å². The van der Waals surface area contributed by atoms with Crippen molar-refractivity contribution in [1.82, 2.24) is 0 Å². The molecule has 0 heterocycles. The standard InChI is InChI=1S/C14H13F/c1-10-8-9-13(11(2)14(10)15)12-6-4-3-5-7-12/h3-9H,1-2H3. The number of benzene rings is 2. The molecule has 2 aromatic carbocycles. The van der Waals surface area contributed by atoms with Gasteiger partial charge in [0.2, 0.25) is 0 Å². The lowest BCUT2D eigenvalue weighted by molar-refractivity contribution is 0.610. The van der Waals surface area contributed by atoms with Gasteiger partial charge < -0.3 is 0 Å². The maximum absolute atomic E-state index is 13.7. The van der Waals surface area contributed by atoms with Gasteiger partial charge in [0, 0.05) is 0 Å². The van der Waals surface area contributed by atoms with E-state index in [0.29, 0.717) is 5.56 Å². The van der Waals surface area contributed by atoms with Gasteiger partial charge in [-0.15, -0.1) is 0 Å². The zero-order chi connectivity index (χ0) is 10.8. The average Bonchev–Trinajstić information content (AvgIpc) is 2.27. The number of rotatable bonds is 1. The Bertz CT molecular complexity index is 472. The minimum Gasteiger partial charge on any atom is -0.206 e. The summed E-state index contributed by atoms with van der Waals surface area (Å²) < 4.78 is 13.7. The smallest absolute Gasteiger partial charge is 0.129 e. The fraction of sp³-hybridized carbons (Fsp3) is 0.143. The van der Waals surface area contributed by atoms with E-state index in [0.717, 1.165) is 16.7 Å². The number of aryl methyl sites for hydroxylation is 1. The van der Waals surface area contributed by atoms with Crippen LogP contribution in [0.2, 0.25) is 0 Å². The molecule has 2 aromatic rings. The van der Waals surface area contributed by atoms with E-state index in [1.54, 1.807) is 6.92 Å². The van der Waals surface area contributed by atoms with E-state index in [1.807, 2.05) is 49.4 Å². The first-order chi connectivity index (χ1) is 7.20. The monoisotopic (exact) mass is 200 g/mol. The Balaban J connectivity index is 2.60. The topological polar surface area (TPSA) is 0 Å². The third kappa shape index (κ3) is 1.78. The Morgan fingerprint density at radius 3 is 2.20 bits per heavy atom. The van der Waals surface area contributed by atoms with E-state index in [2.05, 4.69) is 0 Å². The highest BCUT2D eigenvalue weighted by Crippen LogP contribution is 2.26. The summed E-state index contributed by atoms with van der Waals surface area (Å²) in [5.74, 6) is -0.101. The zero-order valence-corrected chi connectivity index (χ0v) is 8.92. The number of hydrogen-bond acceptors (Lipinski definition) is 0. The van der Waals surface area contributed by atoms with E-state index in [-0.39, 0.29) is 5.82 Å². The Morgan fingerprint density at radius 1 is 0.867 bits per heavy atom. The minimum atomic E-state index is -0.101. The van der Waals surface area contributed by atoms with E-state index in [9.17, 15) is 4.39 Å². The predicted octanol–water partition coefficient (Wildman–Crippen LogP) is 4.11. The van der Waals surface area contributed by atoms with Crippen molar-refractivity contribution >= 4 is 0 Å². The van der Waals surface area contributed by atoms with Crippen LogP contribution in [0.4, 0.5) is 4.39 Å². The van der Waals surface area contributed by atoms with Crippen LogP contribution in [0.1, 0.15) is 11.1 Å². The summed E-state index contributed by atoms with van der Waals surface area (Å²) in [7, 11) is 0. The van der Waals surface area contributed by atoms with Gasteiger partial charge >= 0.3 is 0 Å². The molecule has 0 N–H and O–H groups in total. The van der Waals surface area contributed by atoms with Crippen molar-refractivity contribution in [3.05, 3.63) is 59.4 Å². The van der Waals surface area contributed by atoms with Crippen LogP contribution in [0, 0.1) is 19.7 Å². The molecule has 0 amide bonds. The van der Waals surface area contributed by atoms with Gasteiger partial charge in [0.25, 0.3) is 0 Å². The fourth-order valence-electron chi connectivity index (χ4n) is 1.75. The third-order valence-corrected chi connectivity index (χ3v) is 2.66. The van der Waals surface area contributed by atoms with Gasteiger partial charge in [-0.2, -0.15) is 0 Å². The average molecular weight is 200 g/mol. The maximum Gasteiger partial charge on any atom is 0.129 e. The zero-order valence-electron chi connectivity index (χ0n) is 8.92. The second-order valence-electron chi connectivity index (χ2n) is 3.74. The maximum atomic E-state index is 13.7. The molecule has 0 unspecified atom stereocenters. The molecule has 1 heteroatoms. The Hall–Kier alpha value is -1.63. The van der Waals surface area contributed by atoms with Crippen LogP contribution in [0.3, 0.4) is 0 Å². The van der Waals surface area contributed by atoms with Crippen molar-refractivity contribution in [2.75, 3.05) is 0 Å². The van der Waals surface area contributed by atoms with Crippen molar-refractivity contribution in [1.29, 1.82) is 0 Å². The molecular weight excluding hydrogens is 187 g/mol. The molecule has 15 heavy (non-hydrogen) atoms. The molecule has 76 valence electrons. The van der Waals surface area contributed by atoms with Crippen molar-refractivity contribution in [2.45, 2.75) is 13.8 Å². The first-order valence-corrected chi connectivity index (χ1v) is 5.01. The van der Waals surface area contributed by atoms with Crippen LogP contribution in [-0.4, -0.2) is 0 Å². The molecule has 0 fully saturated rings. The number of halogens is 1. The summed E-state index contributed by atoms with van der Waals surface area (Å²) in [5.41, 5.74) is 3.46. The highest BCUT2D eigenvalue weighted by molar-refractivity contribution is 5.67. The van der Waals surface area contributed by atoms with E-state index < -0.39 is 0 Å². The molecule has 0 nitrogen and oxygen atoms in total. The summed E-state index contributed by atoms with van der Waals surface area (Å²) in [6.45, 7) is 3.61. The summed E-state index contributed by atoms with van der Waals surface area (Å²) in [6.07, 6.45) is 0.